The third-order valence-electron chi connectivity index (χ3n) is 14.4. The van der Waals surface area contributed by atoms with Crippen LogP contribution in [0.25, 0.3) is 0 Å². The maximum Gasteiger partial charge on any atom is 0.315 e. The van der Waals surface area contributed by atoms with E-state index in [1.807, 2.05) is 11.8 Å². The Balaban J connectivity index is 1.03. The monoisotopic (exact) mass is 1220 g/mol. The number of aliphatic hydroxyl groups is 1. The number of thioether (sulfide) groups is 1. The molecule has 5 heterocycles. The minimum Gasteiger partial charge on any atom is -0.394 e. The van der Waals surface area contributed by atoms with E-state index < -0.39 is 109 Å². The summed E-state index contributed by atoms with van der Waals surface area (Å²) in [6.07, 6.45) is 7.79. The second-order valence-corrected chi connectivity index (χ2v) is 22.8. The highest BCUT2D eigenvalue weighted by Gasteiger charge is 2.43. The molecule has 2 aromatic heterocycles. The second-order valence-electron chi connectivity index (χ2n) is 21.5. The van der Waals surface area contributed by atoms with E-state index in [1.54, 1.807) is 50.4 Å². The molecule has 11 amide bonds. The summed E-state index contributed by atoms with van der Waals surface area (Å²) in [6, 6.07) is -0.560. The van der Waals surface area contributed by atoms with E-state index in [9.17, 15) is 53.1 Å². The van der Waals surface area contributed by atoms with Crippen molar-refractivity contribution < 1.29 is 67.3 Å². The van der Waals surface area contributed by atoms with E-state index in [4.69, 9.17) is 19.9 Å². The first-order valence-corrected chi connectivity index (χ1v) is 30.0. The van der Waals surface area contributed by atoms with Gasteiger partial charge in [0, 0.05) is 62.2 Å². The van der Waals surface area contributed by atoms with Gasteiger partial charge in [-0.1, -0.05) is 55.8 Å². The molecule has 2 fully saturated rings. The average Bonchev–Trinajstić information content (AvgIpc) is 2.65. The van der Waals surface area contributed by atoms with Crippen molar-refractivity contribution in [3.63, 3.8) is 0 Å². The van der Waals surface area contributed by atoms with Crippen LogP contribution < -0.4 is 58.9 Å². The lowest BCUT2D eigenvalue weighted by Gasteiger charge is -2.27. The number of nitrogens with one attached hydrogen (secondary N) is 11. The van der Waals surface area contributed by atoms with Crippen LogP contribution in [0.3, 0.4) is 0 Å². The predicted octanol–water partition coefficient (Wildman–Crippen LogP) is -3.35. The highest BCUT2D eigenvalue weighted by molar-refractivity contribution is 8.00. The SMILES string of the molecule is CC(C)[C@H]1NC(=O)[C@@H](NC(=O)COCCOCCOCCNC(=O)CCCC[C@H]2SC[C@H]3NC(=O)N[C@H]32)Cc2cn(nn2)CCCC[C@@H](C(N)=O)NC(=O)[C@@H](Cc2ccccc2)NC(=O)[C@@H](Cc2c[nH]cn2)NC(=O)[C@@H](CO)NC(=O)[C@@H](C)NC1=O. The molecule has 14 N–H and O–H groups in total. The molecular weight excluding hydrogens is 1140 g/mol. The van der Waals surface area contributed by atoms with Gasteiger partial charge in [-0.25, -0.2) is 9.78 Å². The molecule has 0 aliphatic carbocycles. The summed E-state index contributed by atoms with van der Waals surface area (Å²) in [6.45, 7) is 4.67. The standard InChI is InChI=1S/C55H82N16O14S/c1-32(2)46-54(81)60-33(3)49(76)65-41(28-72)53(80)64-40(24-35-26-57-31-59-35)51(78)63-38(23-34-11-5-4-6-12-34)50(77)62-37(48(56)75)13-9-10-17-71-27-36(69-70-71)25-39(52(79)67-46)61-45(74)29-85-22-21-84-20-19-83-18-16-58-44(73)15-8-7-14-43-47-42(30-86-43)66-55(82)68-47/h4-6,11-12,26-27,31-33,37-43,46-47,72H,7-10,13-25,28-30H2,1-3H3,(H2,56,75)(H,57,59)(H,58,73)(H,60,81)(H,61,74)(H,62,77)(H,63,78)(H,64,80)(H,65,76)(H,67,79)(H2,66,68,82)/t33-,37+,38-,39+,40-,41-,42-,43-,46-,47-/m1/s1. The van der Waals surface area contributed by atoms with Crippen LogP contribution in [0.1, 0.15) is 82.7 Å². The number of carbonyl (C=O) groups is 10. The van der Waals surface area contributed by atoms with Crippen molar-refractivity contribution in [1.82, 2.24) is 78.1 Å². The van der Waals surface area contributed by atoms with Crippen LogP contribution in [0.5, 0.6) is 0 Å². The molecule has 1 aromatic carbocycles. The number of aromatic nitrogens is 5. The number of aromatic amines is 1. The van der Waals surface area contributed by atoms with E-state index >= 15 is 0 Å². The zero-order valence-electron chi connectivity index (χ0n) is 48.6. The molecule has 0 spiro atoms. The van der Waals surface area contributed by atoms with Gasteiger partial charge in [-0.15, -0.1) is 5.10 Å². The normalized spacial score (nSPS) is 24.8. The number of nitrogens with zero attached hydrogens (tertiary/aromatic N) is 4. The molecule has 31 heteroatoms. The molecule has 0 radical (unpaired) electrons. The van der Waals surface area contributed by atoms with Gasteiger partial charge in [0.25, 0.3) is 0 Å². The molecule has 3 aliphatic rings. The van der Waals surface area contributed by atoms with Gasteiger partial charge in [0.2, 0.25) is 53.2 Å². The summed E-state index contributed by atoms with van der Waals surface area (Å²) < 4.78 is 18.1. The van der Waals surface area contributed by atoms with Crippen LogP contribution in [0.2, 0.25) is 0 Å². The van der Waals surface area contributed by atoms with Crippen molar-refractivity contribution in [2.24, 2.45) is 11.7 Å². The number of rotatable bonds is 24. The average molecular weight is 1220 g/mol. The van der Waals surface area contributed by atoms with Crippen molar-refractivity contribution in [3.8, 4) is 0 Å². The molecule has 2 bridgehead atoms. The fraction of sp³-hybridized carbons (Fsp3) is 0.618. The van der Waals surface area contributed by atoms with Gasteiger partial charge in [0.1, 0.15) is 48.9 Å². The van der Waals surface area contributed by atoms with Crippen molar-refractivity contribution in [3.05, 3.63) is 66.0 Å². The largest absolute Gasteiger partial charge is 0.394 e. The smallest absolute Gasteiger partial charge is 0.315 e. The molecule has 2 saturated heterocycles. The van der Waals surface area contributed by atoms with Crippen molar-refractivity contribution in [1.29, 1.82) is 0 Å². The lowest BCUT2D eigenvalue weighted by atomic mass is 10.0. The van der Waals surface area contributed by atoms with E-state index in [-0.39, 0.29) is 95.0 Å². The van der Waals surface area contributed by atoms with Crippen LogP contribution >= 0.6 is 11.8 Å². The number of aliphatic hydroxyl groups excluding tert-OH is 1. The first-order valence-electron chi connectivity index (χ1n) is 29.0. The number of carbonyl (C=O) groups excluding carboxylic acids is 10. The van der Waals surface area contributed by atoms with Crippen LogP contribution in [0.15, 0.2) is 49.1 Å². The molecular formula is C55H82N16O14S. The number of amides is 11. The highest BCUT2D eigenvalue weighted by atomic mass is 32.2. The molecule has 86 heavy (non-hydrogen) atoms. The number of imidazole rings is 1. The first-order chi connectivity index (χ1) is 41.4. The minimum absolute atomic E-state index is 0.0105. The number of ether oxygens (including phenoxy) is 3. The minimum atomic E-state index is -1.66. The number of unbranched alkanes of at least 4 members (excludes halogenated alkanes) is 1. The molecule has 30 nitrogen and oxygen atoms in total. The lowest BCUT2D eigenvalue weighted by molar-refractivity contribution is -0.136. The Labute approximate surface area is 502 Å². The van der Waals surface area contributed by atoms with Gasteiger partial charge in [-0.3, -0.25) is 47.8 Å². The topological polar surface area (TPSA) is 424 Å². The fourth-order valence-electron chi connectivity index (χ4n) is 9.68. The number of nitrogens with two attached hydrogens (primary N) is 1. The number of hydrogen-bond acceptors (Lipinski definition) is 18. The number of primary amides is 1. The van der Waals surface area contributed by atoms with Crippen LogP contribution in [-0.2, 0) is 83.2 Å². The third-order valence-corrected chi connectivity index (χ3v) is 15.9. The Morgan fingerprint density at radius 2 is 1.48 bits per heavy atom. The molecule has 10 atom stereocenters. The molecule has 6 rings (SSSR count). The van der Waals surface area contributed by atoms with E-state index in [0.717, 1.165) is 25.0 Å². The Morgan fingerprint density at radius 1 is 0.779 bits per heavy atom. The molecule has 0 saturated carbocycles. The Hall–Kier alpha value is -7.74. The number of H-pyrrole nitrogens is 1. The molecule has 3 aliphatic heterocycles. The quantitative estimate of drug-likeness (QED) is 0.0308. The highest BCUT2D eigenvalue weighted by Crippen LogP contribution is 2.33. The van der Waals surface area contributed by atoms with Gasteiger partial charge < -0.3 is 83.2 Å². The van der Waals surface area contributed by atoms with Crippen LogP contribution in [-0.4, -0.2) is 207 Å². The van der Waals surface area contributed by atoms with Crippen LogP contribution in [0.4, 0.5) is 4.79 Å². The molecule has 0 unspecified atom stereocenters. The predicted molar refractivity (Wildman–Crippen MR) is 310 cm³/mol. The summed E-state index contributed by atoms with van der Waals surface area (Å²) in [4.78, 5) is 141. The third kappa shape index (κ3) is 22.3. The number of hydrogen-bond donors (Lipinski definition) is 13. The number of fused-ring (bicyclic) bond motifs is 3. The summed E-state index contributed by atoms with van der Waals surface area (Å²) >= 11 is 1.85. The van der Waals surface area contributed by atoms with Gasteiger partial charge in [0.15, 0.2) is 0 Å². The second kappa shape index (κ2) is 35.0. The summed E-state index contributed by atoms with van der Waals surface area (Å²) in [5, 5.41) is 46.0. The number of benzene rings is 1. The summed E-state index contributed by atoms with van der Waals surface area (Å²) in [7, 11) is 0. The van der Waals surface area contributed by atoms with Crippen molar-refractivity contribution in [2.45, 2.75) is 151 Å². The van der Waals surface area contributed by atoms with Gasteiger partial charge in [0.05, 0.1) is 69.4 Å². The van der Waals surface area contributed by atoms with Gasteiger partial charge in [-0.2, -0.15) is 11.8 Å². The Bertz CT molecular complexity index is 2720. The number of aryl methyl sites for hydroxylation is 1. The number of urea groups is 1. The summed E-state index contributed by atoms with van der Waals surface area (Å²) in [5.74, 6) is -6.35. The van der Waals surface area contributed by atoms with E-state index in [1.165, 1.54) is 24.1 Å². The molecule has 472 valence electrons. The van der Waals surface area contributed by atoms with Gasteiger partial charge in [-0.05, 0) is 50.5 Å². The van der Waals surface area contributed by atoms with E-state index in [0.29, 0.717) is 42.3 Å². The lowest BCUT2D eigenvalue weighted by Crippen LogP contribution is -2.61. The fourth-order valence-corrected chi connectivity index (χ4v) is 11.2. The Kier molecular flexibility index (Phi) is 27.4. The van der Waals surface area contributed by atoms with Crippen LogP contribution in [0, 0.1) is 5.92 Å². The first kappa shape index (κ1) is 67.4. The van der Waals surface area contributed by atoms with Crippen molar-refractivity contribution in [2.75, 3.05) is 58.5 Å². The molecule has 3 aromatic rings. The summed E-state index contributed by atoms with van der Waals surface area (Å²) in [5.41, 5.74) is 7.05. The van der Waals surface area contributed by atoms with Crippen molar-refractivity contribution >= 4 is 71.0 Å². The zero-order valence-corrected chi connectivity index (χ0v) is 49.5. The van der Waals surface area contributed by atoms with Gasteiger partial charge >= 0.3 is 6.03 Å². The maximum atomic E-state index is 14.2. The zero-order chi connectivity index (χ0) is 62.0. The maximum absolute atomic E-state index is 14.2. The Morgan fingerprint density at radius 3 is 2.19 bits per heavy atom. The van der Waals surface area contributed by atoms with E-state index in [2.05, 4.69) is 73.4 Å².